The summed E-state index contributed by atoms with van der Waals surface area (Å²) in [6.45, 7) is 0. The van der Waals surface area contributed by atoms with Crippen LogP contribution in [0.15, 0.2) is 11.4 Å². The summed E-state index contributed by atoms with van der Waals surface area (Å²) in [5.74, 6) is 0. The van der Waals surface area contributed by atoms with Crippen LogP contribution >= 0.6 is 11.3 Å². The van der Waals surface area contributed by atoms with Crippen LogP contribution in [0.5, 0.6) is 0 Å². The van der Waals surface area contributed by atoms with E-state index in [2.05, 4.69) is 5.38 Å². The summed E-state index contributed by atoms with van der Waals surface area (Å²) in [5.41, 5.74) is 0.644. The molecular weight excluding hydrogens is 108 g/mol. The average molecular weight is 111 g/mol. The van der Waals surface area contributed by atoms with Crippen molar-refractivity contribution in [2.45, 2.75) is 0 Å². The van der Waals surface area contributed by atoms with E-state index < -0.39 is 0 Å². The molecule has 1 nitrogen and oxygen atoms in total. The van der Waals surface area contributed by atoms with E-state index in [-0.39, 0.29) is 0 Å². The van der Waals surface area contributed by atoms with Crippen LogP contribution in [-0.4, -0.2) is 6.29 Å². The highest BCUT2D eigenvalue weighted by atomic mass is 32.1. The van der Waals surface area contributed by atoms with Crippen LogP contribution in [0.1, 0.15) is 10.4 Å². The van der Waals surface area contributed by atoms with Gasteiger partial charge in [0.2, 0.25) is 0 Å². The summed E-state index contributed by atoms with van der Waals surface area (Å²) in [6, 6.07) is 1.73. The first kappa shape index (κ1) is 4.53. The molecule has 0 aliphatic heterocycles. The first-order valence-corrected chi connectivity index (χ1v) is 2.72. The van der Waals surface area contributed by atoms with Gasteiger partial charge in [0.25, 0.3) is 0 Å². The summed E-state index contributed by atoms with van der Waals surface area (Å²) in [7, 11) is 0. The van der Waals surface area contributed by atoms with Crippen LogP contribution < -0.4 is 0 Å². The maximum absolute atomic E-state index is 9.84. The monoisotopic (exact) mass is 111 g/mol. The van der Waals surface area contributed by atoms with E-state index in [1.807, 2.05) is 5.38 Å². The lowest BCUT2D eigenvalue weighted by molar-refractivity contribution is 0.112. The predicted molar refractivity (Wildman–Crippen MR) is 28.5 cm³/mol. The Bertz CT molecular complexity index is 143. The number of hydrogen-bond donors (Lipinski definition) is 0. The van der Waals surface area contributed by atoms with Gasteiger partial charge in [-0.25, -0.2) is 0 Å². The molecule has 0 spiro atoms. The SMILES string of the molecule is O=Cc1[c]scc1. The molecule has 0 amide bonds. The number of rotatable bonds is 1. The smallest absolute Gasteiger partial charge is 0.151 e. The molecule has 1 aromatic heterocycles. The number of carbonyl (C=O) groups is 1. The molecule has 0 saturated carbocycles. The molecule has 0 aliphatic carbocycles. The van der Waals surface area contributed by atoms with Crippen molar-refractivity contribution >= 4 is 17.6 Å². The van der Waals surface area contributed by atoms with Crippen molar-refractivity contribution < 1.29 is 4.79 Å². The van der Waals surface area contributed by atoms with E-state index in [4.69, 9.17) is 0 Å². The van der Waals surface area contributed by atoms with Gasteiger partial charge in [0.05, 0.1) is 5.38 Å². The van der Waals surface area contributed by atoms with Gasteiger partial charge in [-0.3, -0.25) is 4.79 Å². The quantitative estimate of drug-likeness (QED) is 0.500. The zero-order chi connectivity index (χ0) is 5.11. The third-order valence-corrected chi connectivity index (χ3v) is 1.25. The van der Waals surface area contributed by atoms with Gasteiger partial charge in [0.15, 0.2) is 6.29 Å². The van der Waals surface area contributed by atoms with Crippen molar-refractivity contribution in [3.05, 3.63) is 22.4 Å². The highest BCUT2D eigenvalue weighted by Gasteiger charge is 1.83. The largest absolute Gasteiger partial charge is 0.298 e. The van der Waals surface area contributed by atoms with Gasteiger partial charge in [-0.15, -0.1) is 11.3 Å². The molecule has 0 unspecified atom stereocenters. The molecule has 0 N–H and O–H groups in total. The first-order valence-electron chi connectivity index (χ1n) is 1.84. The minimum absolute atomic E-state index is 0.644. The fraction of sp³-hybridized carbons (Fsp3) is 0. The molecule has 0 bridgehead atoms. The van der Waals surface area contributed by atoms with Crippen LogP contribution in [0, 0.1) is 5.38 Å². The highest BCUT2D eigenvalue weighted by molar-refractivity contribution is 7.07. The maximum atomic E-state index is 9.84. The summed E-state index contributed by atoms with van der Waals surface area (Å²) >= 11 is 1.41. The lowest BCUT2D eigenvalue weighted by Crippen LogP contribution is -1.65. The van der Waals surface area contributed by atoms with Crippen molar-refractivity contribution in [1.29, 1.82) is 0 Å². The molecule has 35 valence electrons. The first-order chi connectivity index (χ1) is 3.43. The van der Waals surface area contributed by atoms with Gasteiger partial charge in [-0.1, -0.05) is 0 Å². The van der Waals surface area contributed by atoms with E-state index >= 15 is 0 Å². The summed E-state index contributed by atoms with van der Waals surface area (Å²) in [6.07, 6.45) is 0.788. The minimum Gasteiger partial charge on any atom is -0.298 e. The van der Waals surface area contributed by atoms with Gasteiger partial charge in [-0.05, 0) is 11.4 Å². The van der Waals surface area contributed by atoms with E-state index in [1.165, 1.54) is 11.3 Å². The molecule has 0 aliphatic rings. The van der Waals surface area contributed by atoms with Crippen LogP contribution in [-0.2, 0) is 0 Å². The lowest BCUT2D eigenvalue weighted by atomic mass is 10.4. The maximum Gasteiger partial charge on any atom is 0.151 e. The summed E-state index contributed by atoms with van der Waals surface area (Å²) < 4.78 is 0. The Morgan fingerprint density at radius 3 is 3.00 bits per heavy atom. The third-order valence-electron chi connectivity index (χ3n) is 0.619. The number of hydrogen-bond acceptors (Lipinski definition) is 2. The van der Waals surface area contributed by atoms with Crippen molar-refractivity contribution in [2.75, 3.05) is 0 Å². The Hall–Kier alpha value is -0.630. The minimum atomic E-state index is 0.644. The van der Waals surface area contributed by atoms with Crippen molar-refractivity contribution in [2.24, 2.45) is 0 Å². The molecular formula is C5H3OS. The molecule has 1 heterocycles. The summed E-state index contributed by atoms with van der Waals surface area (Å²) in [4.78, 5) is 9.84. The van der Waals surface area contributed by atoms with E-state index in [0.29, 0.717) is 5.56 Å². The zero-order valence-electron chi connectivity index (χ0n) is 3.55. The standard InChI is InChI=1S/C5H3OS/c6-3-5-1-2-7-4-5/h1-3H. The summed E-state index contributed by atoms with van der Waals surface area (Å²) in [5, 5.41) is 4.58. The zero-order valence-corrected chi connectivity index (χ0v) is 4.37. The van der Waals surface area contributed by atoms with Crippen molar-refractivity contribution in [1.82, 2.24) is 0 Å². The Labute approximate surface area is 45.6 Å². The number of aldehydes is 1. The molecule has 0 fully saturated rings. The van der Waals surface area contributed by atoms with Gasteiger partial charge in [-0.2, -0.15) is 0 Å². The van der Waals surface area contributed by atoms with Gasteiger partial charge in [0.1, 0.15) is 0 Å². The van der Waals surface area contributed by atoms with Crippen molar-refractivity contribution in [3.63, 3.8) is 0 Å². The molecule has 1 rings (SSSR count). The van der Waals surface area contributed by atoms with Crippen LogP contribution in [0.25, 0.3) is 0 Å². The molecule has 0 saturated heterocycles. The van der Waals surface area contributed by atoms with Crippen LogP contribution in [0.2, 0.25) is 0 Å². The van der Waals surface area contributed by atoms with E-state index in [9.17, 15) is 4.79 Å². The molecule has 0 aromatic carbocycles. The van der Waals surface area contributed by atoms with Crippen LogP contribution in [0.3, 0.4) is 0 Å². The Balaban J connectivity index is 2.96. The molecule has 7 heavy (non-hydrogen) atoms. The molecule has 1 radical (unpaired) electrons. The normalized spacial score (nSPS) is 8.57. The van der Waals surface area contributed by atoms with Crippen LogP contribution in [0.4, 0.5) is 0 Å². The Morgan fingerprint density at radius 2 is 2.71 bits per heavy atom. The number of carbonyl (C=O) groups excluding carboxylic acids is 1. The second-order valence-electron chi connectivity index (χ2n) is 1.10. The molecule has 2 heteroatoms. The van der Waals surface area contributed by atoms with E-state index in [0.717, 1.165) is 6.29 Å². The highest BCUT2D eigenvalue weighted by Crippen LogP contribution is 1.99. The second-order valence-corrected chi connectivity index (χ2v) is 1.81. The molecule has 0 atom stereocenters. The molecule has 1 aromatic rings. The predicted octanol–water partition coefficient (Wildman–Crippen LogP) is 1.36. The number of thiophene rings is 1. The van der Waals surface area contributed by atoms with Gasteiger partial charge >= 0.3 is 0 Å². The topological polar surface area (TPSA) is 17.1 Å². The van der Waals surface area contributed by atoms with Gasteiger partial charge in [0, 0.05) is 5.56 Å². The fourth-order valence-corrected chi connectivity index (χ4v) is 0.842. The van der Waals surface area contributed by atoms with Gasteiger partial charge < -0.3 is 0 Å². The Morgan fingerprint density at radius 1 is 1.86 bits per heavy atom. The second kappa shape index (κ2) is 1.89. The average Bonchev–Trinajstić information content (AvgIpc) is 2.14. The Kier molecular flexibility index (Phi) is 1.22. The fourth-order valence-electron chi connectivity index (χ4n) is 0.307. The van der Waals surface area contributed by atoms with Crippen molar-refractivity contribution in [3.8, 4) is 0 Å². The third kappa shape index (κ3) is 0.871. The lowest BCUT2D eigenvalue weighted by Gasteiger charge is -1.64. The van der Waals surface area contributed by atoms with E-state index in [1.54, 1.807) is 6.07 Å².